The van der Waals surface area contributed by atoms with Crippen LogP contribution >= 0.6 is 0 Å². The molecular formula is C17H17N3O2. The molecule has 1 aromatic heterocycles. The number of nitrogens with one attached hydrogen (secondary N) is 2. The fourth-order valence-corrected chi connectivity index (χ4v) is 2.62. The number of aromatic nitrogens is 2. The Balaban J connectivity index is 2.09. The minimum atomic E-state index is -0.311. The van der Waals surface area contributed by atoms with E-state index < -0.39 is 0 Å². The number of carbonyl (C=O) groups excluding carboxylic acids is 1. The molecule has 0 aliphatic carbocycles. The van der Waals surface area contributed by atoms with Gasteiger partial charge in [-0.1, -0.05) is 18.2 Å². The Morgan fingerprint density at radius 3 is 2.64 bits per heavy atom. The fourth-order valence-electron chi connectivity index (χ4n) is 2.62. The van der Waals surface area contributed by atoms with Crippen LogP contribution in [-0.4, -0.2) is 22.4 Å². The van der Waals surface area contributed by atoms with E-state index in [0.29, 0.717) is 23.1 Å². The van der Waals surface area contributed by atoms with Crippen molar-refractivity contribution in [3.8, 4) is 0 Å². The van der Waals surface area contributed by atoms with Gasteiger partial charge in [-0.2, -0.15) is 0 Å². The van der Waals surface area contributed by atoms with Gasteiger partial charge >= 0.3 is 5.69 Å². The molecule has 0 radical (unpaired) electrons. The van der Waals surface area contributed by atoms with Gasteiger partial charge in [-0.3, -0.25) is 4.79 Å². The van der Waals surface area contributed by atoms with E-state index in [2.05, 4.69) is 9.97 Å². The van der Waals surface area contributed by atoms with Crippen LogP contribution in [0, 0.1) is 6.92 Å². The summed E-state index contributed by atoms with van der Waals surface area (Å²) in [7, 11) is 0. The fraction of sp³-hybridized carbons (Fsp3) is 0.176. The summed E-state index contributed by atoms with van der Waals surface area (Å²) >= 11 is 0. The summed E-state index contributed by atoms with van der Waals surface area (Å²) in [4.78, 5) is 31.5. The standard InChI is InChI=1S/C17H17N3O2/c1-3-20(12-7-4-6-11(2)10-12)16(21)13-8-5-9-14-15(13)19-17(22)18-14/h4-10H,3H2,1-2H3,(H2,18,19,22). The lowest BCUT2D eigenvalue weighted by Crippen LogP contribution is -2.30. The maximum Gasteiger partial charge on any atom is 0.323 e. The second-order valence-electron chi connectivity index (χ2n) is 5.20. The predicted octanol–water partition coefficient (Wildman–Crippen LogP) is 2.83. The van der Waals surface area contributed by atoms with Crippen molar-refractivity contribution in [1.29, 1.82) is 0 Å². The average Bonchev–Trinajstić information content (AvgIpc) is 2.88. The van der Waals surface area contributed by atoms with Gasteiger partial charge in [0.25, 0.3) is 5.91 Å². The highest BCUT2D eigenvalue weighted by molar-refractivity contribution is 6.12. The lowest BCUT2D eigenvalue weighted by molar-refractivity contribution is 0.0990. The maximum atomic E-state index is 12.9. The van der Waals surface area contributed by atoms with Crippen LogP contribution in [0.3, 0.4) is 0 Å². The number of carbonyl (C=O) groups is 1. The SMILES string of the molecule is CCN(C(=O)c1cccc2[nH]c(=O)[nH]c12)c1cccc(C)c1. The van der Waals surface area contributed by atoms with Gasteiger partial charge in [-0.15, -0.1) is 0 Å². The average molecular weight is 295 g/mol. The minimum Gasteiger partial charge on any atom is -0.309 e. The molecule has 3 aromatic rings. The van der Waals surface area contributed by atoms with Gasteiger partial charge < -0.3 is 14.9 Å². The molecule has 0 aliphatic rings. The molecular weight excluding hydrogens is 278 g/mol. The number of para-hydroxylation sites is 1. The number of aryl methyl sites for hydroxylation is 1. The molecule has 1 heterocycles. The van der Waals surface area contributed by atoms with Gasteiger partial charge in [0.15, 0.2) is 0 Å². The van der Waals surface area contributed by atoms with Crippen molar-refractivity contribution in [2.45, 2.75) is 13.8 Å². The second-order valence-corrected chi connectivity index (χ2v) is 5.20. The van der Waals surface area contributed by atoms with Gasteiger partial charge in [-0.25, -0.2) is 4.79 Å². The molecule has 2 aromatic carbocycles. The molecule has 22 heavy (non-hydrogen) atoms. The number of imidazole rings is 1. The number of hydrogen-bond acceptors (Lipinski definition) is 2. The van der Waals surface area contributed by atoms with E-state index >= 15 is 0 Å². The molecule has 2 N–H and O–H groups in total. The first kappa shape index (κ1) is 14.1. The number of fused-ring (bicyclic) bond motifs is 1. The zero-order chi connectivity index (χ0) is 15.7. The molecule has 0 saturated heterocycles. The normalized spacial score (nSPS) is 10.8. The number of anilines is 1. The summed E-state index contributed by atoms with van der Waals surface area (Å²) in [6, 6.07) is 13.1. The van der Waals surface area contributed by atoms with Crippen LogP contribution in [0.5, 0.6) is 0 Å². The summed E-state index contributed by atoms with van der Waals surface area (Å²) in [5.74, 6) is -0.131. The van der Waals surface area contributed by atoms with Gasteiger partial charge in [-0.05, 0) is 43.7 Å². The third-order valence-electron chi connectivity index (χ3n) is 3.66. The minimum absolute atomic E-state index is 0.131. The number of benzene rings is 2. The van der Waals surface area contributed by atoms with Gasteiger partial charge in [0.1, 0.15) is 0 Å². The molecule has 3 rings (SSSR count). The quantitative estimate of drug-likeness (QED) is 0.780. The Bertz CT molecular complexity index is 892. The number of rotatable bonds is 3. The van der Waals surface area contributed by atoms with E-state index in [1.807, 2.05) is 38.1 Å². The van der Waals surface area contributed by atoms with Crippen molar-refractivity contribution in [2.24, 2.45) is 0 Å². The Hall–Kier alpha value is -2.82. The summed E-state index contributed by atoms with van der Waals surface area (Å²) < 4.78 is 0. The lowest BCUT2D eigenvalue weighted by Gasteiger charge is -2.21. The molecule has 0 saturated carbocycles. The van der Waals surface area contributed by atoms with Crippen LogP contribution in [0.15, 0.2) is 47.3 Å². The lowest BCUT2D eigenvalue weighted by atomic mass is 10.1. The van der Waals surface area contributed by atoms with Crippen molar-refractivity contribution >= 4 is 22.6 Å². The molecule has 1 amide bonds. The Morgan fingerprint density at radius 1 is 1.14 bits per heavy atom. The molecule has 0 unspecified atom stereocenters. The van der Waals surface area contributed by atoms with Crippen molar-refractivity contribution < 1.29 is 4.79 Å². The van der Waals surface area contributed by atoms with Gasteiger partial charge in [0.05, 0.1) is 16.6 Å². The van der Waals surface area contributed by atoms with E-state index in [1.165, 1.54) is 0 Å². The van der Waals surface area contributed by atoms with Crippen LogP contribution in [0.25, 0.3) is 11.0 Å². The predicted molar refractivity (Wildman–Crippen MR) is 87.4 cm³/mol. The topological polar surface area (TPSA) is 69.0 Å². The summed E-state index contributed by atoms with van der Waals surface area (Å²) in [6.07, 6.45) is 0. The number of H-pyrrole nitrogens is 2. The molecule has 112 valence electrons. The number of hydrogen-bond donors (Lipinski definition) is 2. The van der Waals surface area contributed by atoms with Gasteiger partial charge in [0, 0.05) is 12.2 Å². The van der Waals surface area contributed by atoms with Crippen molar-refractivity contribution in [2.75, 3.05) is 11.4 Å². The Labute approximate surface area is 127 Å². The van der Waals surface area contributed by atoms with E-state index in [0.717, 1.165) is 11.3 Å². The first-order chi connectivity index (χ1) is 10.6. The third-order valence-corrected chi connectivity index (χ3v) is 3.66. The van der Waals surface area contributed by atoms with E-state index in [1.54, 1.807) is 23.1 Å². The molecule has 0 atom stereocenters. The van der Waals surface area contributed by atoms with Crippen molar-refractivity contribution in [3.05, 3.63) is 64.1 Å². The van der Waals surface area contributed by atoms with Crippen LogP contribution in [-0.2, 0) is 0 Å². The summed E-state index contributed by atoms with van der Waals surface area (Å²) in [6.45, 7) is 4.47. The zero-order valence-corrected chi connectivity index (χ0v) is 12.5. The summed E-state index contributed by atoms with van der Waals surface area (Å²) in [5.41, 5.74) is 3.30. The first-order valence-corrected chi connectivity index (χ1v) is 7.19. The number of nitrogens with zero attached hydrogens (tertiary/aromatic N) is 1. The highest BCUT2D eigenvalue weighted by atomic mass is 16.2. The number of aromatic amines is 2. The Kier molecular flexibility index (Phi) is 3.55. The maximum absolute atomic E-state index is 12.9. The van der Waals surface area contributed by atoms with E-state index in [9.17, 15) is 9.59 Å². The van der Waals surface area contributed by atoms with Crippen molar-refractivity contribution in [1.82, 2.24) is 9.97 Å². The molecule has 5 nitrogen and oxygen atoms in total. The monoisotopic (exact) mass is 295 g/mol. The molecule has 0 spiro atoms. The van der Waals surface area contributed by atoms with Crippen molar-refractivity contribution in [3.63, 3.8) is 0 Å². The largest absolute Gasteiger partial charge is 0.323 e. The third kappa shape index (κ3) is 2.41. The van der Waals surface area contributed by atoms with Crippen LogP contribution in [0.4, 0.5) is 5.69 Å². The van der Waals surface area contributed by atoms with E-state index in [4.69, 9.17) is 0 Å². The highest BCUT2D eigenvalue weighted by Crippen LogP contribution is 2.21. The number of amides is 1. The second kappa shape index (κ2) is 5.52. The first-order valence-electron chi connectivity index (χ1n) is 7.19. The molecule has 5 heteroatoms. The van der Waals surface area contributed by atoms with Crippen LogP contribution in [0.1, 0.15) is 22.8 Å². The van der Waals surface area contributed by atoms with Crippen LogP contribution < -0.4 is 10.6 Å². The molecule has 0 aliphatic heterocycles. The zero-order valence-electron chi connectivity index (χ0n) is 12.5. The molecule has 0 fully saturated rings. The van der Waals surface area contributed by atoms with E-state index in [-0.39, 0.29) is 11.6 Å². The molecule has 0 bridgehead atoms. The summed E-state index contributed by atoms with van der Waals surface area (Å²) in [5, 5.41) is 0. The van der Waals surface area contributed by atoms with Gasteiger partial charge in [0.2, 0.25) is 0 Å². The Morgan fingerprint density at radius 2 is 1.91 bits per heavy atom. The van der Waals surface area contributed by atoms with Crippen LogP contribution in [0.2, 0.25) is 0 Å². The smallest absolute Gasteiger partial charge is 0.309 e. The highest BCUT2D eigenvalue weighted by Gasteiger charge is 2.19.